The van der Waals surface area contributed by atoms with E-state index in [0.29, 0.717) is 50.6 Å². The van der Waals surface area contributed by atoms with E-state index in [4.69, 9.17) is 0 Å². The SMILES string of the molecule is C[C@@H]1CC[C@H]2C(=O)N(c3ccc(N4CCN(c5ccc([N+](=O)[O-])cc5)CC4)c([N+](=O)[O-])c3)C(=O)[C@@H]2C1. The molecule has 0 radical (unpaired) electrons. The number of non-ortho nitro benzene ring substituents is 1. The Bertz CT molecular complexity index is 1220. The lowest BCUT2D eigenvalue weighted by Gasteiger charge is -2.37. The van der Waals surface area contributed by atoms with Crippen molar-refractivity contribution in [3.8, 4) is 0 Å². The van der Waals surface area contributed by atoms with Gasteiger partial charge in [-0.15, -0.1) is 0 Å². The molecule has 2 aromatic rings. The van der Waals surface area contributed by atoms with E-state index in [1.807, 2.05) is 4.90 Å². The van der Waals surface area contributed by atoms with Crippen molar-refractivity contribution < 1.29 is 19.4 Å². The van der Waals surface area contributed by atoms with E-state index in [1.165, 1.54) is 18.2 Å². The third-order valence-corrected chi connectivity index (χ3v) is 7.65. The van der Waals surface area contributed by atoms with Crippen LogP contribution in [0.4, 0.5) is 28.4 Å². The summed E-state index contributed by atoms with van der Waals surface area (Å²) >= 11 is 0. The maximum atomic E-state index is 13.1. The van der Waals surface area contributed by atoms with Crippen molar-refractivity contribution in [1.29, 1.82) is 0 Å². The average molecular weight is 494 g/mol. The molecule has 5 rings (SSSR count). The van der Waals surface area contributed by atoms with Gasteiger partial charge in [-0.25, -0.2) is 4.90 Å². The number of piperazine rings is 1. The zero-order chi connectivity index (χ0) is 25.6. The molecule has 2 amide bonds. The molecule has 3 fully saturated rings. The molecule has 1 saturated carbocycles. The van der Waals surface area contributed by atoms with E-state index in [2.05, 4.69) is 11.8 Å². The molecule has 0 bridgehead atoms. The summed E-state index contributed by atoms with van der Waals surface area (Å²) in [5.74, 6) is -0.803. The Morgan fingerprint density at radius 3 is 2.03 bits per heavy atom. The van der Waals surface area contributed by atoms with Gasteiger partial charge in [0, 0.05) is 50.1 Å². The first-order chi connectivity index (χ1) is 17.2. The molecule has 1 aliphatic carbocycles. The number of nitro groups is 2. The number of hydrogen-bond donors (Lipinski definition) is 0. The second-order valence-corrected chi connectivity index (χ2v) is 9.82. The first kappa shape index (κ1) is 23.7. The molecule has 0 unspecified atom stereocenters. The zero-order valence-electron chi connectivity index (χ0n) is 19.9. The quantitative estimate of drug-likeness (QED) is 0.350. The summed E-state index contributed by atoms with van der Waals surface area (Å²) in [5.41, 5.74) is 1.44. The van der Waals surface area contributed by atoms with Gasteiger partial charge < -0.3 is 9.80 Å². The summed E-state index contributed by atoms with van der Waals surface area (Å²) in [7, 11) is 0. The fourth-order valence-electron chi connectivity index (χ4n) is 5.70. The van der Waals surface area contributed by atoms with Crippen LogP contribution >= 0.6 is 0 Å². The summed E-state index contributed by atoms with van der Waals surface area (Å²) in [6, 6.07) is 10.9. The van der Waals surface area contributed by atoms with Crippen molar-refractivity contribution in [2.24, 2.45) is 17.8 Å². The summed E-state index contributed by atoms with van der Waals surface area (Å²) in [6.07, 6.45) is 2.25. The van der Waals surface area contributed by atoms with Crippen molar-refractivity contribution >= 4 is 40.3 Å². The van der Waals surface area contributed by atoms with Gasteiger partial charge in [0.2, 0.25) is 11.8 Å². The molecular weight excluding hydrogens is 466 g/mol. The molecule has 11 nitrogen and oxygen atoms in total. The average Bonchev–Trinajstić information content (AvgIpc) is 3.12. The van der Waals surface area contributed by atoms with Crippen LogP contribution in [0.2, 0.25) is 0 Å². The number of carbonyl (C=O) groups is 2. The van der Waals surface area contributed by atoms with Crippen LogP contribution in [0.3, 0.4) is 0 Å². The Hall–Kier alpha value is -4.02. The van der Waals surface area contributed by atoms with Crippen LogP contribution in [-0.2, 0) is 9.59 Å². The predicted molar refractivity (Wildman–Crippen MR) is 133 cm³/mol. The smallest absolute Gasteiger partial charge is 0.294 e. The lowest BCUT2D eigenvalue weighted by molar-refractivity contribution is -0.384. The first-order valence-corrected chi connectivity index (χ1v) is 12.1. The number of benzene rings is 2. The number of nitro benzene ring substituents is 2. The van der Waals surface area contributed by atoms with Crippen LogP contribution in [-0.4, -0.2) is 47.8 Å². The summed E-state index contributed by atoms with van der Waals surface area (Å²) in [6.45, 7) is 4.28. The van der Waals surface area contributed by atoms with Crippen LogP contribution in [0.5, 0.6) is 0 Å². The van der Waals surface area contributed by atoms with Gasteiger partial charge in [-0.05, 0) is 49.4 Å². The van der Waals surface area contributed by atoms with Crippen LogP contribution < -0.4 is 14.7 Å². The van der Waals surface area contributed by atoms with Gasteiger partial charge in [0.25, 0.3) is 11.4 Å². The van der Waals surface area contributed by atoms with Gasteiger partial charge in [-0.3, -0.25) is 29.8 Å². The highest BCUT2D eigenvalue weighted by molar-refractivity contribution is 6.22. The normalized spacial score (nSPS) is 24.1. The highest BCUT2D eigenvalue weighted by Gasteiger charge is 2.50. The number of anilines is 3. The largest absolute Gasteiger partial charge is 0.368 e. The molecular formula is C25H27N5O6. The summed E-state index contributed by atoms with van der Waals surface area (Å²) in [4.78, 5) is 53.2. The molecule has 2 saturated heterocycles. The van der Waals surface area contributed by atoms with Crippen LogP contribution in [0.25, 0.3) is 0 Å². The molecule has 36 heavy (non-hydrogen) atoms. The molecule has 0 aromatic heterocycles. The molecule has 2 aromatic carbocycles. The second kappa shape index (κ2) is 9.21. The standard InChI is InChI=1S/C25H27N5O6/c1-16-2-8-20-21(14-16)25(32)28(24(20)31)19-7-9-22(23(15-19)30(35)36)27-12-10-26(11-13-27)17-3-5-18(6-4-17)29(33)34/h3-7,9,15-16,20-21H,2,8,10-14H2,1H3/t16-,20-,21-/m1/s1. The number of fused-ring (bicyclic) bond motifs is 1. The monoisotopic (exact) mass is 493 g/mol. The van der Waals surface area contributed by atoms with Crippen molar-refractivity contribution in [3.63, 3.8) is 0 Å². The Labute approximate surface area is 207 Å². The molecule has 11 heteroatoms. The van der Waals surface area contributed by atoms with Gasteiger partial charge in [-0.2, -0.15) is 0 Å². The summed E-state index contributed by atoms with van der Waals surface area (Å²) < 4.78 is 0. The minimum absolute atomic E-state index is 0.0248. The van der Waals surface area contributed by atoms with E-state index in [9.17, 15) is 29.8 Å². The van der Waals surface area contributed by atoms with Crippen LogP contribution in [0, 0.1) is 38.0 Å². The predicted octanol–water partition coefficient (Wildman–Crippen LogP) is 3.76. The molecule has 3 atom stereocenters. The molecule has 2 heterocycles. The molecule has 3 aliphatic rings. The van der Waals surface area contributed by atoms with E-state index in [-0.39, 0.29) is 40.7 Å². The highest BCUT2D eigenvalue weighted by atomic mass is 16.6. The van der Waals surface area contributed by atoms with Gasteiger partial charge in [0.15, 0.2) is 0 Å². The van der Waals surface area contributed by atoms with E-state index >= 15 is 0 Å². The minimum Gasteiger partial charge on any atom is -0.368 e. The molecule has 0 N–H and O–H groups in total. The number of amides is 2. The fraction of sp³-hybridized carbons (Fsp3) is 0.440. The van der Waals surface area contributed by atoms with Crippen LogP contribution in [0.1, 0.15) is 26.2 Å². The van der Waals surface area contributed by atoms with Crippen molar-refractivity contribution in [1.82, 2.24) is 0 Å². The van der Waals surface area contributed by atoms with E-state index in [1.54, 1.807) is 24.3 Å². The van der Waals surface area contributed by atoms with E-state index < -0.39 is 9.85 Å². The highest BCUT2D eigenvalue weighted by Crippen LogP contribution is 2.43. The number of rotatable bonds is 5. The molecule has 2 aliphatic heterocycles. The number of hydrogen-bond acceptors (Lipinski definition) is 8. The third-order valence-electron chi connectivity index (χ3n) is 7.65. The Morgan fingerprint density at radius 2 is 1.39 bits per heavy atom. The van der Waals surface area contributed by atoms with Gasteiger partial charge >= 0.3 is 0 Å². The fourth-order valence-corrected chi connectivity index (χ4v) is 5.70. The second-order valence-electron chi connectivity index (χ2n) is 9.82. The van der Waals surface area contributed by atoms with Gasteiger partial charge in [0.1, 0.15) is 5.69 Å². The Morgan fingerprint density at radius 1 is 0.778 bits per heavy atom. The topological polar surface area (TPSA) is 130 Å². The van der Waals surface area contributed by atoms with Crippen molar-refractivity contribution in [2.45, 2.75) is 26.2 Å². The lowest BCUT2D eigenvalue weighted by atomic mass is 9.76. The van der Waals surface area contributed by atoms with Crippen molar-refractivity contribution in [3.05, 3.63) is 62.7 Å². The summed E-state index contributed by atoms with van der Waals surface area (Å²) in [5, 5.41) is 22.9. The lowest BCUT2D eigenvalue weighted by Crippen LogP contribution is -2.46. The number of carbonyl (C=O) groups excluding carboxylic acids is 2. The van der Waals surface area contributed by atoms with Crippen LogP contribution in [0.15, 0.2) is 42.5 Å². The van der Waals surface area contributed by atoms with E-state index in [0.717, 1.165) is 17.0 Å². The zero-order valence-corrected chi connectivity index (χ0v) is 19.9. The van der Waals surface area contributed by atoms with Crippen molar-refractivity contribution in [2.75, 3.05) is 40.9 Å². The number of nitrogens with zero attached hydrogens (tertiary/aromatic N) is 5. The minimum atomic E-state index is -0.471. The molecule has 0 spiro atoms. The first-order valence-electron chi connectivity index (χ1n) is 12.1. The number of imide groups is 1. The Kier molecular flexibility index (Phi) is 6.07. The maximum Gasteiger partial charge on any atom is 0.294 e. The Balaban J connectivity index is 1.34. The molecule has 188 valence electrons. The van der Waals surface area contributed by atoms with Gasteiger partial charge in [-0.1, -0.05) is 6.92 Å². The maximum absolute atomic E-state index is 13.1. The van der Waals surface area contributed by atoms with Gasteiger partial charge in [0.05, 0.1) is 27.4 Å². The third kappa shape index (κ3) is 4.14.